The molecular formula is C26H24N4O3S. The Kier molecular flexibility index (Phi) is 6.22. The maximum atomic E-state index is 13.7. The van der Waals surface area contributed by atoms with Crippen molar-refractivity contribution in [1.82, 2.24) is 4.98 Å². The normalized spacial score (nSPS) is 13.7. The second-order valence-corrected chi connectivity index (χ2v) is 9.36. The van der Waals surface area contributed by atoms with Crippen molar-refractivity contribution in [2.75, 3.05) is 22.9 Å². The molecule has 1 aliphatic rings. The highest BCUT2D eigenvalue weighted by molar-refractivity contribution is 7.22. The van der Waals surface area contributed by atoms with Gasteiger partial charge in [-0.25, -0.2) is 4.98 Å². The number of nitro groups is 1. The summed E-state index contributed by atoms with van der Waals surface area (Å²) >= 11 is 1.44. The Morgan fingerprint density at radius 1 is 1.00 bits per heavy atom. The van der Waals surface area contributed by atoms with Crippen LogP contribution in [0.2, 0.25) is 0 Å². The van der Waals surface area contributed by atoms with Crippen LogP contribution >= 0.6 is 11.3 Å². The van der Waals surface area contributed by atoms with Gasteiger partial charge in [0.1, 0.15) is 5.69 Å². The molecule has 2 heterocycles. The highest BCUT2D eigenvalue weighted by Crippen LogP contribution is 2.34. The summed E-state index contributed by atoms with van der Waals surface area (Å²) in [5.74, 6) is -0.309. The Morgan fingerprint density at radius 3 is 2.47 bits per heavy atom. The van der Waals surface area contributed by atoms with E-state index in [-0.39, 0.29) is 22.1 Å². The summed E-state index contributed by atoms with van der Waals surface area (Å²) in [5.41, 5.74) is 2.60. The van der Waals surface area contributed by atoms with Crippen molar-refractivity contribution in [2.24, 2.45) is 0 Å². The number of nitro benzene ring substituents is 1. The number of hydrogen-bond donors (Lipinski definition) is 0. The molecule has 0 atom stereocenters. The fourth-order valence-electron chi connectivity index (χ4n) is 4.33. The average molecular weight is 473 g/mol. The van der Waals surface area contributed by atoms with Gasteiger partial charge in [0, 0.05) is 24.7 Å². The molecule has 0 saturated carbocycles. The number of piperidine rings is 1. The van der Waals surface area contributed by atoms with Crippen LogP contribution in [0.1, 0.15) is 35.2 Å². The average Bonchev–Trinajstić information content (AvgIpc) is 3.31. The number of nitrogens with zero attached hydrogens (tertiary/aromatic N) is 4. The van der Waals surface area contributed by atoms with Gasteiger partial charge in [0.25, 0.3) is 11.6 Å². The van der Waals surface area contributed by atoms with Crippen molar-refractivity contribution in [1.29, 1.82) is 0 Å². The molecule has 1 fully saturated rings. The first-order valence-corrected chi connectivity index (χ1v) is 12.2. The third-order valence-electron chi connectivity index (χ3n) is 6.06. The summed E-state index contributed by atoms with van der Waals surface area (Å²) in [6.07, 6.45) is 3.16. The van der Waals surface area contributed by atoms with E-state index in [1.165, 1.54) is 17.4 Å². The molecule has 0 N–H and O–H groups in total. The lowest BCUT2D eigenvalue weighted by Gasteiger charge is -2.28. The molecule has 5 rings (SSSR count). The largest absolute Gasteiger partial charge is 0.366 e. The van der Waals surface area contributed by atoms with Crippen molar-refractivity contribution >= 4 is 44.0 Å². The second kappa shape index (κ2) is 9.61. The molecule has 0 radical (unpaired) electrons. The monoisotopic (exact) mass is 472 g/mol. The molecule has 8 heteroatoms. The zero-order valence-corrected chi connectivity index (χ0v) is 19.4. The van der Waals surface area contributed by atoms with Crippen molar-refractivity contribution in [3.63, 3.8) is 0 Å². The van der Waals surface area contributed by atoms with Crippen molar-refractivity contribution < 1.29 is 9.72 Å². The van der Waals surface area contributed by atoms with Gasteiger partial charge in [-0.2, -0.15) is 0 Å². The van der Waals surface area contributed by atoms with Gasteiger partial charge in [-0.15, -0.1) is 0 Å². The van der Waals surface area contributed by atoms with Crippen LogP contribution in [0.15, 0.2) is 72.8 Å². The minimum Gasteiger partial charge on any atom is -0.366 e. The first-order valence-electron chi connectivity index (χ1n) is 11.3. The van der Waals surface area contributed by atoms with E-state index >= 15 is 0 Å². The summed E-state index contributed by atoms with van der Waals surface area (Å²) < 4.78 is 0.981. The molecule has 1 aromatic heterocycles. The van der Waals surface area contributed by atoms with Crippen LogP contribution in [0.4, 0.5) is 16.5 Å². The molecular weight excluding hydrogens is 448 g/mol. The van der Waals surface area contributed by atoms with Gasteiger partial charge in [-0.1, -0.05) is 53.8 Å². The zero-order valence-electron chi connectivity index (χ0n) is 18.6. The molecule has 7 nitrogen and oxygen atoms in total. The third-order valence-corrected chi connectivity index (χ3v) is 7.12. The lowest BCUT2D eigenvalue weighted by Crippen LogP contribution is -2.31. The van der Waals surface area contributed by atoms with Gasteiger partial charge < -0.3 is 4.90 Å². The molecule has 34 heavy (non-hydrogen) atoms. The molecule has 1 amide bonds. The zero-order chi connectivity index (χ0) is 23.5. The van der Waals surface area contributed by atoms with E-state index in [1.807, 2.05) is 59.5 Å². The third kappa shape index (κ3) is 4.49. The fourth-order valence-corrected chi connectivity index (χ4v) is 5.29. The molecule has 1 saturated heterocycles. The fraction of sp³-hybridized carbons (Fsp3) is 0.231. The van der Waals surface area contributed by atoms with Crippen LogP contribution in [-0.4, -0.2) is 28.9 Å². The molecule has 4 aromatic rings. The number of fused-ring (bicyclic) bond motifs is 1. The van der Waals surface area contributed by atoms with E-state index in [0.717, 1.165) is 48.1 Å². The highest BCUT2D eigenvalue weighted by atomic mass is 32.1. The Morgan fingerprint density at radius 2 is 1.74 bits per heavy atom. The van der Waals surface area contributed by atoms with Crippen LogP contribution < -0.4 is 9.80 Å². The number of benzene rings is 3. The van der Waals surface area contributed by atoms with Crippen LogP contribution in [0, 0.1) is 10.1 Å². The van der Waals surface area contributed by atoms with Gasteiger partial charge in [-0.05, 0) is 49.1 Å². The number of anilines is 2. The highest BCUT2D eigenvalue weighted by Gasteiger charge is 2.27. The lowest BCUT2D eigenvalue weighted by atomic mass is 10.1. The van der Waals surface area contributed by atoms with E-state index in [9.17, 15) is 14.9 Å². The molecule has 0 bridgehead atoms. The van der Waals surface area contributed by atoms with Gasteiger partial charge in [0.2, 0.25) is 0 Å². The predicted molar refractivity (Wildman–Crippen MR) is 136 cm³/mol. The van der Waals surface area contributed by atoms with Crippen LogP contribution in [-0.2, 0) is 6.54 Å². The lowest BCUT2D eigenvalue weighted by molar-refractivity contribution is -0.384. The number of aromatic nitrogens is 1. The predicted octanol–water partition coefficient (Wildman–Crippen LogP) is 6.04. The Bertz CT molecular complexity index is 1300. The molecule has 0 unspecified atom stereocenters. The Balaban J connectivity index is 1.53. The quantitative estimate of drug-likeness (QED) is 0.252. The van der Waals surface area contributed by atoms with Crippen LogP contribution in [0.3, 0.4) is 0 Å². The number of hydrogen-bond acceptors (Lipinski definition) is 6. The maximum Gasteiger partial charge on any atom is 0.293 e. The topological polar surface area (TPSA) is 79.6 Å². The van der Waals surface area contributed by atoms with E-state index in [1.54, 1.807) is 17.0 Å². The standard InChI is InChI=1S/C26H24N4O3S/c31-25(20-13-14-22(23(17-20)30(32)33)28-15-7-2-8-16-28)29(18-19-9-3-1-4-10-19)26-27-21-11-5-6-12-24(21)34-26/h1,3-6,9-14,17H,2,7-8,15-16,18H2. The Hall–Kier alpha value is -3.78. The number of carbonyl (C=O) groups is 1. The summed E-state index contributed by atoms with van der Waals surface area (Å²) in [5, 5.41) is 12.5. The number of amides is 1. The molecule has 1 aliphatic heterocycles. The number of para-hydroxylation sites is 1. The summed E-state index contributed by atoms with van der Waals surface area (Å²) in [4.78, 5) is 33.6. The van der Waals surface area contributed by atoms with E-state index < -0.39 is 0 Å². The first kappa shape index (κ1) is 22.0. The van der Waals surface area contributed by atoms with Gasteiger partial charge in [0.05, 0.1) is 21.7 Å². The van der Waals surface area contributed by atoms with Gasteiger partial charge in [0.15, 0.2) is 5.13 Å². The smallest absolute Gasteiger partial charge is 0.293 e. The van der Waals surface area contributed by atoms with Crippen molar-refractivity contribution in [3.8, 4) is 0 Å². The van der Waals surface area contributed by atoms with Crippen LogP contribution in [0.25, 0.3) is 10.2 Å². The number of rotatable bonds is 6. The molecule has 3 aromatic carbocycles. The van der Waals surface area contributed by atoms with Crippen molar-refractivity contribution in [2.45, 2.75) is 25.8 Å². The molecule has 0 aliphatic carbocycles. The second-order valence-electron chi connectivity index (χ2n) is 8.35. The number of carbonyl (C=O) groups excluding carboxylic acids is 1. The molecule has 0 spiro atoms. The Labute approximate surface area is 201 Å². The minimum atomic E-state index is -0.389. The first-order chi connectivity index (χ1) is 16.6. The summed E-state index contributed by atoms with van der Waals surface area (Å²) in [6, 6.07) is 22.3. The van der Waals surface area contributed by atoms with Crippen molar-refractivity contribution in [3.05, 3.63) is 94.0 Å². The summed E-state index contributed by atoms with van der Waals surface area (Å²) in [6.45, 7) is 1.90. The maximum absolute atomic E-state index is 13.7. The van der Waals surface area contributed by atoms with Gasteiger partial charge in [-0.3, -0.25) is 19.8 Å². The minimum absolute atomic E-state index is 0.0308. The SMILES string of the molecule is O=C(c1ccc(N2CCCCC2)c([N+](=O)[O-])c1)N(Cc1ccccc1)c1nc2ccccc2s1. The van der Waals surface area contributed by atoms with E-state index in [2.05, 4.69) is 4.98 Å². The van der Waals surface area contributed by atoms with E-state index in [4.69, 9.17) is 0 Å². The van der Waals surface area contributed by atoms with Gasteiger partial charge >= 0.3 is 0 Å². The van der Waals surface area contributed by atoms with E-state index in [0.29, 0.717) is 17.4 Å². The van der Waals surface area contributed by atoms with Crippen LogP contribution in [0.5, 0.6) is 0 Å². The number of thiazole rings is 1. The molecule has 172 valence electrons. The summed E-state index contributed by atoms with van der Waals surface area (Å²) in [7, 11) is 0.